The topological polar surface area (TPSA) is 26.5 Å². The first-order chi connectivity index (χ1) is 8.74. The third-order valence-electron chi connectivity index (χ3n) is 3.71. The summed E-state index contributed by atoms with van der Waals surface area (Å²) >= 11 is 0. The van der Waals surface area contributed by atoms with Crippen molar-refractivity contribution in [1.82, 2.24) is 0 Å². The number of β-amino-alcohol motifs (C(OH)–C–C–N with tert-alkyl or cyclic N) is 1. The van der Waals surface area contributed by atoms with Gasteiger partial charge in [0.05, 0.1) is 19.0 Å². The van der Waals surface area contributed by atoms with E-state index in [2.05, 4.69) is 59.8 Å². The van der Waals surface area contributed by atoms with E-state index in [-0.39, 0.29) is 6.61 Å². The summed E-state index contributed by atoms with van der Waals surface area (Å²) in [6.07, 6.45) is 0. The second-order valence-corrected chi connectivity index (χ2v) is 4.63. The van der Waals surface area contributed by atoms with Crippen LogP contribution in [0.25, 0.3) is 10.8 Å². The van der Waals surface area contributed by atoms with Crippen LogP contribution in [0.3, 0.4) is 0 Å². The summed E-state index contributed by atoms with van der Waals surface area (Å²) < 4.78 is 2.19. The lowest BCUT2D eigenvalue weighted by molar-refractivity contribution is -0.405. The standard InChI is InChI=1S/C15H17N2O/c1-11-16(2)13-7-3-5-12-6-4-8-14(15(12)13)17(11)9-10-18/h3-8,18H,9-10H2,1-2H3/q+1. The lowest BCUT2D eigenvalue weighted by Gasteiger charge is -2.25. The fourth-order valence-corrected chi connectivity index (χ4v) is 2.72. The number of aliphatic hydroxyl groups excluding tert-OH is 1. The van der Waals surface area contributed by atoms with Gasteiger partial charge in [0.2, 0.25) is 0 Å². The van der Waals surface area contributed by atoms with E-state index in [4.69, 9.17) is 0 Å². The second kappa shape index (κ2) is 4.10. The van der Waals surface area contributed by atoms with Gasteiger partial charge >= 0.3 is 0 Å². The first-order valence-corrected chi connectivity index (χ1v) is 6.21. The highest BCUT2D eigenvalue weighted by Crippen LogP contribution is 2.37. The lowest BCUT2D eigenvalue weighted by atomic mass is 10.0. The maximum absolute atomic E-state index is 9.25. The summed E-state index contributed by atoms with van der Waals surface area (Å²) in [5.74, 6) is 1.15. The second-order valence-electron chi connectivity index (χ2n) is 4.63. The molecule has 0 unspecified atom stereocenters. The zero-order valence-electron chi connectivity index (χ0n) is 10.7. The third kappa shape index (κ3) is 1.44. The van der Waals surface area contributed by atoms with Gasteiger partial charge in [-0.05, 0) is 17.5 Å². The molecule has 3 heteroatoms. The van der Waals surface area contributed by atoms with Gasteiger partial charge < -0.3 is 5.11 Å². The molecule has 3 rings (SSSR count). The summed E-state index contributed by atoms with van der Waals surface area (Å²) in [4.78, 5) is 2.18. The van der Waals surface area contributed by atoms with Crippen LogP contribution in [0.4, 0.5) is 11.4 Å². The van der Waals surface area contributed by atoms with Crippen LogP contribution in [0.15, 0.2) is 36.4 Å². The zero-order chi connectivity index (χ0) is 12.7. The molecule has 0 saturated carbocycles. The fraction of sp³-hybridized carbons (Fsp3) is 0.267. The van der Waals surface area contributed by atoms with Crippen LogP contribution in [0.5, 0.6) is 0 Å². The average Bonchev–Trinajstić information content (AvgIpc) is 2.41. The highest BCUT2D eigenvalue weighted by molar-refractivity contribution is 6.10. The van der Waals surface area contributed by atoms with E-state index in [9.17, 15) is 5.11 Å². The maximum atomic E-state index is 9.25. The Balaban J connectivity index is 2.36. The molecule has 92 valence electrons. The van der Waals surface area contributed by atoms with E-state index in [1.165, 1.54) is 22.1 Å². The van der Waals surface area contributed by atoms with Crippen molar-refractivity contribution in [1.29, 1.82) is 0 Å². The molecule has 2 aromatic carbocycles. The van der Waals surface area contributed by atoms with Gasteiger partial charge in [0, 0.05) is 6.92 Å². The Morgan fingerprint density at radius 1 is 1.17 bits per heavy atom. The number of rotatable bonds is 2. The first-order valence-electron chi connectivity index (χ1n) is 6.21. The molecule has 0 atom stereocenters. The summed E-state index contributed by atoms with van der Waals surface area (Å²) in [6, 6.07) is 12.7. The number of anilines is 1. The van der Waals surface area contributed by atoms with E-state index in [1.54, 1.807) is 0 Å². The molecule has 2 aromatic rings. The Morgan fingerprint density at radius 3 is 2.61 bits per heavy atom. The summed E-state index contributed by atoms with van der Waals surface area (Å²) in [7, 11) is 2.07. The van der Waals surface area contributed by atoms with Crippen molar-refractivity contribution >= 4 is 28.0 Å². The summed E-state index contributed by atoms with van der Waals surface area (Å²) in [5, 5.41) is 11.8. The number of hydrogen-bond acceptors (Lipinski definition) is 2. The predicted molar refractivity (Wildman–Crippen MR) is 74.9 cm³/mol. The smallest absolute Gasteiger partial charge is 0.253 e. The molecular weight excluding hydrogens is 224 g/mol. The van der Waals surface area contributed by atoms with Gasteiger partial charge in [-0.1, -0.05) is 24.3 Å². The van der Waals surface area contributed by atoms with Gasteiger partial charge in [-0.25, -0.2) is 9.48 Å². The molecular formula is C15H17N2O+. The van der Waals surface area contributed by atoms with Crippen molar-refractivity contribution in [3.05, 3.63) is 36.4 Å². The normalized spacial score (nSPS) is 14.5. The minimum Gasteiger partial charge on any atom is -0.392 e. The van der Waals surface area contributed by atoms with E-state index in [1.807, 2.05) is 0 Å². The molecule has 0 aromatic heterocycles. The Morgan fingerprint density at radius 2 is 1.89 bits per heavy atom. The number of hydrogen-bond donors (Lipinski definition) is 1. The van der Waals surface area contributed by atoms with Gasteiger partial charge in [0.15, 0.2) is 0 Å². The van der Waals surface area contributed by atoms with E-state index in [0.717, 1.165) is 5.84 Å². The molecule has 1 heterocycles. The highest BCUT2D eigenvalue weighted by Gasteiger charge is 2.28. The monoisotopic (exact) mass is 241 g/mol. The number of nitrogens with zero attached hydrogens (tertiary/aromatic N) is 2. The molecule has 0 fully saturated rings. The molecule has 3 nitrogen and oxygen atoms in total. The van der Waals surface area contributed by atoms with Gasteiger partial charge in [0.25, 0.3) is 5.84 Å². The Kier molecular flexibility index (Phi) is 2.56. The summed E-state index contributed by atoms with van der Waals surface area (Å²) in [5.41, 5.74) is 2.42. The van der Waals surface area contributed by atoms with Crippen molar-refractivity contribution < 1.29 is 9.68 Å². The van der Waals surface area contributed by atoms with Crippen LogP contribution in [0.1, 0.15) is 6.92 Å². The maximum Gasteiger partial charge on any atom is 0.253 e. The fourth-order valence-electron chi connectivity index (χ4n) is 2.72. The van der Waals surface area contributed by atoms with Crippen molar-refractivity contribution in [3.8, 4) is 0 Å². The largest absolute Gasteiger partial charge is 0.392 e. The molecule has 0 bridgehead atoms. The lowest BCUT2D eigenvalue weighted by Crippen LogP contribution is -2.38. The van der Waals surface area contributed by atoms with E-state index in [0.29, 0.717) is 6.54 Å². The Hall–Kier alpha value is -1.87. The minimum atomic E-state index is 0.156. The zero-order valence-corrected chi connectivity index (χ0v) is 10.7. The highest BCUT2D eigenvalue weighted by atomic mass is 16.3. The van der Waals surface area contributed by atoms with Crippen LogP contribution in [0, 0.1) is 0 Å². The molecule has 0 saturated heterocycles. The third-order valence-corrected chi connectivity index (χ3v) is 3.71. The SMILES string of the molecule is CC1=[N+](C)c2cccc3cccc(c23)N1CCO. The Bertz CT molecular complexity index is 641. The van der Waals surface area contributed by atoms with E-state index >= 15 is 0 Å². The van der Waals surface area contributed by atoms with Gasteiger partial charge in [0.1, 0.15) is 17.9 Å². The summed E-state index contributed by atoms with van der Waals surface area (Å²) in [6.45, 7) is 2.87. The van der Waals surface area contributed by atoms with Crippen LogP contribution in [-0.2, 0) is 0 Å². The van der Waals surface area contributed by atoms with Gasteiger partial charge in [-0.2, -0.15) is 0 Å². The molecule has 0 amide bonds. The number of benzene rings is 2. The molecule has 0 spiro atoms. The van der Waals surface area contributed by atoms with E-state index < -0.39 is 0 Å². The van der Waals surface area contributed by atoms with Crippen molar-refractivity contribution in [2.75, 3.05) is 25.1 Å². The van der Waals surface area contributed by atoms with Gasteiger partial charge in [-0.15, -0.1) is 0 Å². The van der Waals surface area contributed by atoms with Crippen molar-refractivity contribution in [2.24, 2.45) is 0 Å². The van der Waals surface area contributed by atoms with Crippen LogP contribution in [-0.4, -0.2) is 35.7 Å². The number of amidine groups is 1. The molecule has 0 radical (unpaired) electrons. The molecule has 0 aliphatic carbocycles. The van der Waals surface area contributed by atoms with Crippen LogP contribution >= 0.6 is 0 Å². The quantitative estimate of drug-likeness (QED) is 0.817. The average molecular weight is 241 g/mol. The number of aliphatic hydroxyl groups is 1. The molecule has 18 heavy (non-hydrogen) atoms. The van der Waals surface area contributed by atoms with Crippen LogP contribution in [0.2, 0.25) is 0 Å². The van der Waals surface area contributed by atoms with Gasteiger partial charge in [-0.3, -0.25) is 0 Å². The van der Waals surface area contributed by atoms with Crippen LogP contribution < -0.4 is 4.90 Å². The van der Waals surface area contributed by atoms with Crippen molar-refractivity contribution in [2.45, 2.75) is 6.92 Å². The predicted octanol–water partition coefficient (Wildman–Crippen LogP) is 2.34. The molecule has 1 aliphatic heterocycles. The molecule has 1 N–H and O–H groups in total. The molecule has 1 aliphatic rings. The Labute approximate surface area is 107 Å². The minimum absolute atomic E-state index is 0.156. The first kappa shape index (κ1) is 11.2. The van der Waals surface area contributed by atoms with Crippen molar-refractivity contribution in [3.63, 3.8) is 0 Å².